The first-order valence-corrected chi connectivity index (χ1v) is 7.09. The van der Waals surface area contributed by atoms with E-state index in [1.807, 2.05) is 26.0 Å². The van der Waals surface area contributed by atoms with Crippen molar-refractivity contribution in [1.82, 2.24) is 5.32 Å². The van der Waals surface area contributed by atoms with Gasteiger partial charge in [0, 0.05) is 5.56 Å². The Morgan fingerprint density at radius 2 is 1.75 bits per heavy atom. The third kappa shape index (κ3) is 3.07. The van der Waals surface area contributed by atoms with Crippen LogP contribution in [0, 0.1) is 26.6 Å². The van der Waals surface area contributed by atoms with Crippen LogP contribution in [0.5, 0.6) is 0 Å². The molecule has 2 aromatic rings. The number of hydrogen-bond acceptors (Lipinski definition) is 1. The number of benzene rings is 2. The van der Waals surface area contributed by atoms with E-state index in [9.17, 15) is 4.39 Å². The van der Waals surface area contributed by atoms with Crippen LogP contribution in [-0.4, -0.2) is 6.54 Å². The molecule has 1 atom stereocenters. The van der Waals surface area contributed by atoms with Crippen LogP contribution in [0.2, 0.25) is 0 Å². The first-order valence-electron chi connectivity index (χ1n) is 7.09. The van der Waals surface area contributed by atoms with E-state index in [1.165, 1.54) is 11.1 Å². The van der Waals surface area contributed by atoms with Gasteiger partial charge in [0.2, 0.25) is 0 Å². The lowest BCUT2D eigenvalue weighted by atomic mass is 9.94. The van der Waals surface area contributed by atoms with Crippen LogP contribution in [0.4, 0.5) is 4.39 Å². The van der Waals surface area contributed by atoms with E-state index in [0.717, 1.165) is 23.2 Å². The summed E-state index contributed by atoms with van der Waals surface area (Å²) in [5.41, 5.74) is 5.40. The molecule has 0 heterocycles. The van der Waals surface area contributed by atoms with Crippen molar-refractivity contribution in [3.8, 4) is 0 Å². The first-order chi connectivity index (χ1) is 9.52. The van der Waals surface area contributed by atoms with E-state index in [2.05, 4.69) is 37.4 Å². The molecule has 106 valence electrons. The smallest absolute Gasteiger partial charge is 0.128 e. The van der Waals surface area contributed by atoms with E-state index in [1.54, 1.807) is 6.07 Å². The zero-order valence-electron chi connectivity index (χ0n) is 12.6. The zero-order valence-corrected chi connectivity index (χ0v) is 12.6. The fourth-order valence-corrected chi connectivity index (χ4v) is 2.44. The van der Waals surface area contributed by atoms with Crippen molar-refractivity contribution in [1.29, 1.82) is 0 Å². The van der Waals surface area contributed by atoms with Gasteiger partial charge in [-0.1, -0.05) is 42.8 Å². The van der Waals surface area contributed by atoms with Gasteiger partial charge < -0.3 is 5.32 Å². The van der Waals surface area contributed by atoms with Gasteiger partial charge in [0.15, 0.2) is 0 Å². The largest absolute Gasteiger partial charge is 0.306 e. The fourth-order valence-electron chi connectivity index (χ4n) is 2.44. The molecule has 0 bridgehead atoms. The average Bonchev–Trinajstić information content (AvgIpc) is 2.42. The molecule has 0 aliphatic carbocycles. The lowest BCUT2D eigenvalue weighted by Crippen LogP contribution is -2.23. The summed E-state index contributed by atoms with van der Waals surface area (Å²) in [7, 11) is 0. The summed E-state index contributed by atoms with van der Waals surface area (Å²) in [5.74, 6) is -0.153. The van der Waals surface area contributed by atoms with Crippen LogP contribution in [0.1, 0.15) is 40.8 Å². The molecular formula is C18H22FN. The highest BCUT2D eigenvalue weighted by atomic mass is 19.1. The average molecular weight is 271 g/mol. The molecule has 0 amide bonds. The van der Waals surface area contributed by atoms with E-state index in [0.29, 0.717) is 0 Å². The minimum absolute atomic E-state index is 0.0980. The molecule has 20 heavy (non-hydrogen) atoms. The molecule has 0 fully saturated rings. The minimum atomic E-state index is -0.153. The predicted octanol–water partition coefficient (Wildman–Crippen LogP) is 4.45. The molecule has 1 unspecified atom stereocenters. The topological polar surface area (TPSA) is 12.0 Å². The van der Waals surface area contributed by atoms with E-state index in [4.69, 9.17) is 0 Å². The van der Waals surface area contributed by atoms with Crippen molar-refractivity contribution in [3.05, 3.63) is 70.0 Å². The van der Waals surface area contributed by atoms with Crippen molar-refractivity contribution in [2.75, 3.05) is 6.54 Å². The lowest BCUT2D eigenvalue weighted by molar-refractivity contribution is 0.558. The third-order valence-electron chi connectivity index (χ3n) is 3.74. The molecule has 1 N–H and O–H groups in total. The SMILES string of the molecule is CCNC(c1ccc(C)c(C)c1)c1cc(C)ccc1F. The van der Waals surface area contributed by atoms with Gasteiger partial charge in [0.1, 0.15) is 5.82 Å². The van der Waals surface area contributed by atoms with Crippen molar-refractivity contribution >= 4 is 0 Å². The zero-order chi connectivity index (χ0) is 14.7. The van der Waals surface area contributed by atoms with E-state index < -0.39 is 0 Å². The molecular weight excluding hydrogens is 249 g/mol. The standard InChI is InChI=1S/C18H22FN/c1-5-20-18(15-8-7-13(3)14(4)11-15)16-10-12(2)6-9-17(16)19/h6-11,18,20H,5H2,1-4H3. The molecule has 2 aromatic carbocycles. The Bertz CT molecular complexity index is 604. The van der Waals surface area contributed by atoms with Gasteiger partial charge in [-0.05, 0) is 50.1 Å². The molecule has 0 aliphatic rings. The maximum Gasteiger partial charge on any atom is 0.128 e. The maximum absolute atomic E-state index is 14.2. The van der Waals surface area contributed by atoms with Crippen LogP contribution in [0.15, 0.2) is 36.4 Å². The van der Waals surface area contributed by atoms with E-state index in [-0.39, 0.29) is 11.9 Å². The summed E-state index contributed by atoms with van der Waals surface area (Å²) in [6, 6.07) is 11.5. The number of halogens is 1. The summed E-state index contributed by atoms with van der Waals surface area (Å²) in [5, 5.41) is 3.39. The molecule has 0 saturated heterocycles. The lowest BCUT2D eigenvalue weighted by Gasteiger charge is -2.21. The molecule has 2 heteroatoms. The van der Waals surface area contributed by atoms with Gasteiger partial charge in [0.25, 0.3) is 0 Å². The van der Waals surface area contributed by atoms with Crippen molar-refractivity contribution in [3.63, 3.8) is 0 Å². The van der Waals surface area contributed by atoms with Gasteiger partial charge in [-0.2, -0.15) is 0 Å². The van der Waals surface area contributed by atoms with Crippen molar-refractivity contribution in [2.45, 2.75) is 33.7 Å². The van der Waals surface area contributed by atoms with Crippen molar-refractivity contribution in [2.24, 2.45) is 0 Å². The highest BCUT2D eigenvalue weighted by Crippen LogP contribution is 2.26. The number of rotatable bonds is 4. The quantitative estimate of drug-likeness (QED) is 0.866. The fraction of sp³-hybridized carbons (Fsp3) is 0.333. The predicted molar refractivity (Wildman–Crippen MR) is 82.6 cm³/mol. The van der Waals surface area contributed by atoms with Gasteiger partial charge in [0.05, 0.1) is 6.04 Å². The van der Waals surface area contributed by atoms with Crippen LogP contribution in [-0.2, 0) is 0 Å². The van der Waals surface area contributed by atoms with Gasteiger partial charge in [-0.15, -0.1) is 0 Å². The Kier molecular flexibility index (Phi) is 4.56. The molecule has 0 radical (unpaired) electrons. The third-order valence-corrected chi connectivity index (χ3v) is 3.74. The molecule has 2 rings (SSSR count). The summed E-state index contributed by atoms with van der Waals surface area (Å²) in [6.45, 7) is 9.02. The first kappa shape index (κ1) is 14.7. The van der Waals surface area contributed by atoms with Crippen LogP contribution < -0.4 is 5.32 Å². The summed E-state index contributed by atoms with van der Waals surface area (Å²) < 4.78 is 14.2. The molecule has 0 spiro atoms. The Balaban J connectivity index is 2.49. The molecule has 0 aliphatic heterocycles. The highest BCUT2D eigenvalue weighted by Gasteiger charge is 2.17. The van der Waals surface area contributed by atoms with Crippen molar-refractivity contribution < 1.29 is 4.39 Å². The Morgan fingerprint density at radius 1 is 1.00 bits per heavy atom. The summed E-state index contributed by atoms with van der Waals surface area (Å²) in [4.78, 5) is 0. The van der Waals surface area contributed by atoms with Crippen LogP contribution >= 0.6 is 0 Å². The Hall–Kier alpha value is -1.67. The Morgan fingerprint density at radius 3 is 2.40 bits per heavy atom. The summed E-state index contributed by atoms with van der Waals surface area (Å²) >= 11 is 0. The number of nitrogens with one attached hydrogen (secondary N) is 1. The van der Waals surface area contributed by atoms with E-state index >= 15 is 0 Å². The van der Waals surface area contributed by atoms with Gasteiger partial charge >= 0.3 is 0 Å². The molecule has 1 nitrogen and oxygen atoms in total. The minimum Gasteiger partial charge on any atom is -0.306 e. The monoisotopic (exact) mass is 271 g/mol. The number of aryl methyl sites for hydroxylation is 3. The second-order valence-electron chi connectivity index (χ2n) is 5.36. The van der Waals surface area contributed by atoms with Crippen LogP contribution in [0.25, 0.3) is 0 Å². The molecule has 0 saturated carbocycles. The molecule has 0 aromatic heterocycles. The summed E-state index contributed by atoms with van der Waals surface area (Å²) in [6.07, 6.45) is 0. The van der Waals surface area contributed by atoms with Gasteiger partial charge in [-0.3, -0.25) is 0 Å². The highest BCUT2D eigenvalue weighted by molar-refractivity contribution is 5.38. The second-order valence-corrected chi connectivity index (χ2v) is 5.36. The second kappa shape index (κ2) is 6.19. The number of hydrogen-bond donors (Lipinski definition) is 1. The van der Waals surface area contributed by atoms with Crippen LogP contribution in [0.3, 0.4) is 0 Å². The maximum atomic E-state index is 14.2. The Labute approximate surface area is 120 Å². The normalized spacial score (nSPS) is 12.4. The van der Waals surface area contributed by atoms with Gasteiger partial charge in [-0.25, -0.2) is 4.39 Å².